The molecule has 1 aromatic carbocycles. The van der Waals surface area contributed by atoms with Gasteiger partial charge in [-0.2, -0.15) is 0 Å². The maximum atomic E-state index is 11.3. The fraction of sp³-hybridized carbons (Fsp3) is 0.533. The Morgan fingerprint density at radius 1 is 1.50 bits per heavy atom. The van der Waals surface area contributed by atoms with E-state index in [-0.39, 0.29) is 0 Å². The van der Waals surface area contributed by atoms with Crippen LogP contribution in [0.2, 0.25) is 5.02 Å². The number of ether oxygens (including phenoxy) is 1. The number of halogens is 1. The van der Waals surface area contributed by atoms with Crippen LogP contribution in [0.15, 0.2) is 12.1 Å². The second-order valence-corrected chi connectivity index (χ2v) is 5.64. The van der Waals surface area contributed by atoms with Gasteiger partial charge in [0.15, 0.2) is 0 Å². The van der Waals surface area contributed by atoms with Crippen molar-refractivity contribution in [2.45, 2.75) is 38.8 Å². The lowest BCUT2D eigenvalue weighted by Crippen LogP contribution is -2.44. The highest BCUT2D eigenvalue weighted by Crippen LogP contribution is 2.29. The summed E-state index contributed by atoms with van der Waals surface area (Å²) in [6, 6.07) is 3.37. The molecule has 2 rings (SSSR count). The SMILES string of the molecule is COc1cc(C)c(Cl)cc1CN1CCCCC1C(=O)O. The molecule has 4 nitrogen and oxygen atoms in total. The number of benzene rings is 1. The van der Waals surface area contributed by atoms with E-state index in [1.54, 1.807) is 7.11 Å². The first-order valence-electron chi connectivity index (χ1n) is 6.82. The van der Waals surface area contributed by atoms with E-state index >= 15 is 0 Å². The van der Waals surface area contributed by atoms with Crippen LogP contribution in [0.25, 0.3) is 0 Å². The molecule has 1 heterocycles. The van der Waals surface area contributed by atoms with E-state index in [9.17, 15) is 9.90 Å². The van der Waals surface area contributed by atoms with Gasteiger partial charge in [-0.05, 0) is 44.0 Å². The number of aliphatic carboxylic acids is 1. The zero-order valence-corrected chi connectivity index (χ0v) is 12.6. The van der Waals surface area contributed by atoms with Gasteiger partial charge in [-0.15, -0.1) is 0 Å². The van der Waals surface area contributed by atoms with E-state index in [1.807, 2.05) is 24.0 Å². The van der Waals surface area contributed by atoms with Gasteiger partial charge in [-0.1, -0.05) is 18.0 Å². The second kappa shape index (κ2) is 6.46. The average Bonchev–Trinajstić information content (AvgIpc) is 2.43. The van der Waals surface area contributed by atoms with Crippen molar-refractivity contribution >= 4 is 17.6 Å². The van der Waals surface area contributed by atoms with Crippen LogP contribution in [0.3, 0.4) is 0 Å². The number of carboxylic acids is 1. The van der Waals surface area contributed by atoms with Gasteiger partial charge in [-0.3, -0.25) is 9.69 Å². The second-order valence-electron chi connectivity index (χ2n) is 5.23. The number of methoxy groups -OCH3 is 1. The summed E-state index contributed by atoms with van der Waals surface area (Å²) >= 11 is 6.17. The van der Waals surface area contributed by atoms with E-state index in [2.05, 4.69) is 0 Å². The van der Waals surface area contributed by atoms with Crippen molar-refractivity contribution in [1.82, 2.24) is 4.90 Å². The minimum absolute atomic E-state index is 0.409. The predicted molar refractivity (Wildman–Crippen MR) is 78.4 cm³/mol. The Kier molecular flexibility index (Phi) is 4.89. The molecule has 5 heteroatoms. The van der Waals surface area contributed by atoms with E-state index in [0.717, 1.165) is 36.3 Å². The van der Waals surface area contributed by atoms with Crippen LogP contribution in [-0.2, 0) is 11.3 Å². The molecular weight excluding hydrogens is 278 g/mol. The zero-order chi connectivity index (χ0) is 14.7. The summed E-state index contributed by atoms with van der Waals surface area (Å²) < 4.78 is 5.39. The van der Waals surface area contributed by atoms with Crippen LogP contribution in [0.5, 0.6) is 5.75 Å². The molecule has 1 aliphatic rings. The molecule has 0 amide bonds. The van der Waals surface area contributed by atoms with E-state index < -0.39 is 12.0 Å². The summed E-state index contributed by atoms with van der Waals surface area (Å²) in [5.74, 6) is 0.0171. The molecule has 0 aromatic heterocycles. The quantitative estimate of drug-likeness (QED) is 0.928. The smallest absolute Gasteiger partial charge is 0.320 e. The number of likely N-dealkylation sites (tertiary alicyclic amines) is 1. The fourth-order valence-electron chi connectivity index (χ4n) is 2.69. The molecule has 1 atom stereocenters. The zero-order valence-electron chi connectivity index (χ0n) is 11.9. The molecule has 20 heavy (non-hydrogen) atoms. The maximum Gasteiger partial charge on any atom is 0.320 e. The van der Waals surface area contributed by atoms with E-state index in [1.165, 1.54) is 0 Å². The molecule has 0 radical (unpaired) electrons. The minimum atomic E-state index is -0.748. The van der Waals surface area contributed by atoms with Crippen molar-refractivity contribution in [1.29, 1.82) is 0 Å². The Morgan fingerprint density at radius 2 is 2.25 bits per heavy atom. The predicted octanol–water partition coefficient (Wildman–Crippen LogP) is 3.10. The highest BCUT2D eigenvalue weighted by Gasteiger charge is 2.28. The van der Waals surface area contributed by atoms with Gasteiger partial charge in [0.25, 0.3) is 0 Å². The lowest BCUT2D eigenvalue weighted by Gasteiger charge is -2.33. The molecule has 0 spiro atoms. The molecular formula is C15H20ClNO3. The Bertz CT molecular complexity index is 504. The Balaban J connectivity index is 2.23. The third kappa shape index (κ3) is 3.25. The van der Waals surface area contributed by atoms with Gasteiger partial charge in [0, 0.05) is 17.1 Å². The van der Waals surface area contributed by atoms with Crippen molar-refractivity contribution in [3.63, 3.8) is 0 Å². The minimum Gasteiger partial charge on any atom is -0.496 e. The van der Waals surface area contributed by atoms with Crippen LogP contribution in [0.1, 0.15) is 30.4 Å². The number of carbonyl (C=O) groups is 1. The molecule has 1 fully saturated rings. The number of aryl methyl sites for hydroxylation is 1. The monoisotopic (exact) mass is 297 g/mol. The average molecular weight is 298 g/mol. The summed E-state index contributed by atoms with van der Waals surface area (Å²) in [4.78, 5) is 13.3. The molecule has 0 saturated carbocycles. The summed E-state index contributed by atoms with van der Waals surface area (Å²) in [7, 11) is 1.62. The van der Waals surface area contributed by atoms with Crippen molar-refractivity contribution < 1.29 is 14.6 Å². The molecule has 1 aliphatic heterocycles. The third-order valence-electron chi connectivity index (χ3n) is 3.83. The number of rotatable bonds is 4. The third-order valence-corrected chi connectivity index (χ3v) is 4.24. The van der Waals surface area contributed by atoms with Crippen molar-refractivity contribution in [2.24, 2.45) is 0 Å². The maximum absolute atomic E-state index is 11.3. The van der Waals surface area contributed by atoms with Crippen LogP contribution in [0, 0.1) is 6.92 Å². The fourth-order valence-corrected chi connectivity index (χ4v) is 2.87. The Morgan fingerprint density at radius 3 is 2.90 bits per heavy atom. The van der Waals surface area contributed by atoms with Gasteiger partial charge in [0.2, 0.25) is 0 Å². The van der Waals surface area contributed by atoms with Gasteiger partial charge in [-0.25, -0.2) is 0 Å². The molecule has 1 saturated heterocycles. The number of hydrogen-bond donors (Lipinski definition) is 1. The Hall–Kier alpha value is -1.26. The summed E-state index contributed by atoms with van der Waals surface area (Å²) in [6.07, 6.45) is 2.71. The van der Waals surface area contributed by atoms with Gasteiger partial charge >= 0.3 is 5.97 Å². The lowest BCUT2D eigenvalue weighted by atomic mass is 10.0. The van der Waals surface area contributed by atoms with Crippen LogP contribution < -0.4 is 4.74 Å². The summed E-state index contributed by atoms with van der Waals surface area (Å²) in [5, 5.41) is 10.00. The van der Waals surface area contributed by atoms with Crippen LogP contribution >= 0.6 is 11.6 Å². The highest BCUT2D eigenvalue weighted by atomic mass is 35.5. The van der Waals surface area contributed by atoms with Crippen LogP contribution in [0.4, 0.5) is 0 Å². The largest absolute Gasteiger partial charge is 0.496 e. The molecule has 1 unspecified atom stereocenters. The first-order chi connectivity index (χ1) is 9.52. The van der Waals surface area contributed by atoms with Gasteiger partial charge in [0.1, 0.15) is 11.8 Å². The topological polar surface area (TPSA) is 49.8 Å². The number of piperidine rings is 1. The van der Waals surface area contributed by atoms with Crippen LogP contribution in [-0.4, -0.2) is 35.7 Å². The first kappa shape index (κ1) is 15.1. The molecule has 1 N–H and O–H groups in total. The highest BCUT2D eigenvalue weighted by molar-refractivity contribution is 6.31. The molecule has 0 bridgehead atoms. The van der Waals surface area contributed by atoms with Crippen molar-refractivity contribution in [2.75, 3.05) is 13.7 Å². The van der Waals surface area contributed by atoms with E-state index in [0.29, 0.717) is 18.0 Å². The number of hydrogen-bond acceptors (Lipinski definition) is 3. The van der Waals surface area contributed by atoms with Gasteiger partial charge < -0.3 is 9.84 Å². The standard InChI is InChI=1S/C15H20ClNO3/c1-10-7-14(20-2)11(8-12(10)16)9-17-6-4-3-5-13(17)15(18)19/h7-8,13H,3-6,9H2,1-2H3,(H,18,19). The van der Waals surface area contributed by atoms with Crippen molar-refractivity contribution in [3.05, 3.63) is 28.3 Å². The normalized spacial score (nSPS) is 19.9. The molecule has 110 valence electrons. The Labute approximate surface area is 124 Å². The van der Waals surface area contributed by atoms with Crippen molar-refractivity contribution in [3.8, 4) is 5.75 Å². The summed E-state index contributed by atoms with van der Waals surface area (Å²) in [5.41, 5.74) is 1.90. The molecule has 0 aliphatic carbocycles. The van der Waals surface area contributed by atoms with E-state index in [4.69, 9.17) is 16.3 Å². The first-order valence-corrected chi connectivity index (χ1v) is 7.20. The number of carboxylic acid groups (broad SMARTS) is 1. The summed E-state index contributed by atoms with van der Waals surface area (Å²) in [6.45, 7) is 3.28. The van der Waals surface area contributed by atoms with Gasteiger partial charge in [0.05, 0.1) is 7.11 Å². The lowest BCUT2D eigenvalue weighted by molar-refractivity contribution is -0.144. The molecule has 1 aromatic rings. The number of nitrogens with zero attached hydrogens (tertiary/aromatic N) is 1.